The molecule has 5 N–H and O–H groups in total. The molecule has 9 heteroatoms. The fourth-order valence-electron chi connectivity index (χ4n) is 3.57. The molecule has 0 aliphatic carbocycles. The molecule has 2 amide bonds. The van der Waals surface area contributed by atoms with Gasteiger partial charge in [-0.25, -0.2) is 9.59 Å². The van der Waals surface area contributed by atoms with E-state index in [-0.39, 0.29) is 6.10 Å². The Morgan fingerprint density at radius 1 is 1.03 bits per heavy atom. The van der Waals surface area contributed by atoms with Gasteiger partial charge in [0.05, 0.1) is 6.10 Å². The second-order valence-electron chi connectivity index (χ2n) is 9.41. The topological polar surface area (TPSA) is 125 Å². The first kappa shape index (κ1) is 22.6. The van der Waals surface area contributed by atoms with Gasteiger partial charge in [-0.3, -0.25) is 10.2 Å². The number of hydrogen-bond acceptors (Lipinski definition) is 5. The maximum Gasteiger partial charge on any atom is 0.411 e. The van der Waals surface area contributed by atoms with E-state index in [1.807, 2.05) is 17.0 Å². The number of aliphatic hydroxyl groups is 1. The molecule has 9 nitrogen and oxygen atoms in total. The number of carboxylic acid groups (broad SMARTS) is 2. The average molecular weight is 408 g/mol. The van der Waals surface area contributed by atoms with Crippen molar-refractivity contribution in [3.8, 4) is 0 Å². The lowest BCUT2D eigenvalue weighted by atomic mass is 9.82. The van der Waals surface area contributed by atoms with E-state index in [1.54, 1.807) is 53.7 Å². The molecule has 1 heterocycles. The standard InChI is InChI=1S/C20H32N4O5/c1-18(2,3)20(22-16(26)27,24(17(28)29)19(4,5)6)21-13-7-9-14(10-8-13)23-11-15(25)12-23/h7-10,15,21-22,25H,11-12H2,1-6H3,(H,26,27)(H,28,29). The highest BCUT2D eigenvalue weighted by Crippen LogP contribution is 2.39. The third kappa shape index (κ3) is 4.67. The summed E-state index contributed by atoms with van der Waals surface area (Å²) in [7, 11) is 0. The molecule has 0 aromatic heterocycles. The van der Waals surface area contributed by atoms with Gasteiger partial charge in [-0.2, -0.15) is 0 Å². The van der Waals surface area contributed by atoms with Crippen LogP contribution >= 0.6 is 0 Å². The number of amides is 2. The molecule has 0 radical (unpaired) electrons. The van der Waals surface area contributed by atoms with Crippen molar-refractivity contribution in [3.05, 3.63) is 24.3 Å². The number of hydrogen-bond donors (Lipinski definition) is 5. The summed E-state index contributed by atoms with van der Waals surface area (Å²) in [4.78, 5) is 27.1. The van der Waals surface area contributed by atoms with E-state index in [0.29, 0.717) is 18.8 Å². The lowest BCUT2D eigenvalue weighted by Gasteiger charge is -2.55. The van der Waals surface area contributed by atoms with Crippen molar-refractivity contribution in [1.29, 1.82) is 0 Å². The summed E-state index contributed by atoms with van der Waals surface area (Å²) in [5.41, 5.74) is -0.257. The van der Waals surface area contributed by atoms with Crippen molar-refractivity contribution in [1.82, 2.24) is 10.2 Å². The number of rotatable bonds is 5. The minimum absolute atomic E-state index is 0.322. The van der Waals surface area contributed by atoms with Gasteiger partial charge in [0.25, 0.3) is 0 Å². The Hall–Kier alpha value is -2.68. The van der Waals surface area contributed by atoms with Crippen LogP contribution in [0.3, 0.4) is 0 Å². The summed E-state index contributed by atoms with van der Waals surface area (Å²) >= 11 is 0. The van der Waals surface area contributed by atoms with E-state index in [0.717, 1.165) is 10.6 Å². The monoisotopic (exact) mass is 408 g/mol. The van der Waals surface area contributed by atoms with Crippen LogP contribution in [0.25, 0.3) is 0 Å². The second-order valence-corrected chi connectivity index (χ2v) is 9.41. The molecule has 1 aliphatic heterocycles. The molecule has 1 aromatic carbocycles. The number of benzene rings is 1. The van der Waals surface area contributed by atoms with Crippen LogP contribution in [0.2, 0.25) is 0 Å². The third-order valence-electron chi connectivity index (χ3n) is 4.99. The number of carbonyl (C=O) groups is 2. The molecule has 0 saturated carbocycles. The fourth-order valence-corrected chi connectivity index (χ4v) is 3.57. The zero-order chi connectivity index (χ0) is 22.2. The van der Waals surface area contributed by atoms with Crippen molar-refractivity contribution in [3.63, 3.8) is 0 Å². The Morgan fingerprint density at radius 3 is 1.90 bits per heavy atom. The minimum Gasteiger partial charge on any atom is -0.465 e. The van der Waals surface area contributed by atoms with Crippen molar-refractivity contribution < 1.29 is 24.9 Å². The van der Waals surface area contributed by atoms with Crippen LogP contribution in [-0.4, -0.2) is 62.9 Å². The predicted octanol–water partition coefficient (Wildman–Crippen LogP) is 3.03. The highest BCUT2D eigenvalue weighted by molar-refractivity contribution is 5.73. The summed E-state index contributed by atoms with van der Waals surface area (Å²) in [5, 5.41) is 34.6. The number of anilines is 2. The molecular formula is C20H32N4O5. The smallest absolute Gasteiger partial charge is 0.411 e. The van der Waals surface area contributed by atoms with Gasteiger partial charge in [0.15, 0.2) is 0 Å². The van der Waals surface area contributed by atoms with Crippen molar-refractivity contribution in [2.75, 3.05) is 23.3 Å². The normalized spacial score (nSPS) is 17.1. The first-order valence-corrected chi connectivity index (χ1v) is 9.53. The number of nitrogens with zero attached hydrogens (tertiary/aromatic N) is 2. The lowest BCUT2D eigenvalue weighted by molar-refractivity contribution is -0.0449. The van der Waals surface area contributed by atoms with E-state index in [4.69, 9.17) is 0 Å². The molecule has 1 aliphatic rings. The summed E-state index contributed by atoms with van der Waals surface area (Å²) in [6, 6.07) is 7.24. The second kappa shape index (κ2) is 7.62. The molecule has 1 atom stereocenters. The van der Waals surface area contributed by atoms with Gasteiger partial charge < -0.3 is 25.5 Å². The average Bonchev–Trinajstić information content (AvgIpc) is 2.49. The molecule has 162 valence electrons. The highest BCUT2D eigenvalue weighted by atomic mass is 16.4. The maximum absolute atomic E-state index is 12.3. The van der Waals surface area contributed by atoms with Crippen LogP contribution in [0.5, 0.6) is 0 Å². The van der Waals surface area contributed by atoms with Gasteiger partial charge in [-0.1, -0.05) is 20.8 Å². The first-order chi connectivity index (χ1) is 13.2. The molecule has 1 aromatic rings. The zero-order valence-electron chi connectivity index (χ0n) is 17.9. The van der Waals surface area contributed by atoms with E-state index < -0.39 is 28.9 Å². The summed E-state index contributed by atoms with van der Waals surface area (Å²) < 4.78 is 0. The summed E-state index contributed by atoms with van der Waals surface area (Å²) in [6.07, 6.45) is -2.91. The Labute approximate surface area is 171 Å². The Morgan fingerprint density at radius 2 is 1.55 bits per heavy atom. The molecule has 0 bridgehead atoms. The number of β-amino-alcohol motifs (C(OH)–C–C–N with tert-alkyl or cyclic N) is 1. The molecule has 1 saturated heterocycles. The third-order valence-corrected chi connectivity index (χ3v) is 4.99. The van der Waals surface area contributed by atoms with E-state index >= 15 is 0 Å². The molecule has 1 unspecified atom stereocenters. The highest BCUT2D eigenvalue weighted by Gasteiger charge is 2.54. The van der Waals surface area contributed by atoms with Crippen LogP contribution in [0.1, 0.15) is 41.5 Å². The van der Waals surface area contributed by atoms with Crippen LogP contribution in [0.15, 0.2) is 24.3 Å². The van der Waals surface area contributed by atoms with E-state index in [1.165, 1.54) is 0 Å². The van der Waals surface area contributed by atoms with E-state index in [2.05, 4.69) is 10.6 Å². The largest absolute Gasteiger partial charge is 0.465 e. The van der Waals surface area contributed by atoms with Crippen LogP contribution in [0, 0.1) is 5.41 Å². The van der Waals surface area contributed by atoms with Gasteiger partial charge in [-0.15, -0.1) is 0 Å². The van der Waals surface area contributed by atoms with Gasteiger partial charge >= 0.3 is 12.2 Å². The zero-order valence-corrected chi connectivity index (χ0v) is 17.9. The Bertz CT molecular complexity index is 748. The first-order valence-electron chi connectivity index (χ1n) is 9.53. The Kier molecular flexibility index (Phi) is 5.94. The number of nitrogens with one attached hydrogen (secondary N) is 2. The van der Waals surface area contributed by atoms with Crippen LogP contribution < -0.4 is 15.5 Å². The quantitative estimate of drug-likeness (QED) is 0.474. The van der Waals surface area contributed by atoms with Gasteiger partial charge in [0.2, 0.25) is 5.79 Å². The molecule has 0 spiro atoms. The number of aliphatic hydroxyl groups excluding tert-OH is 1. The fraction of sp³-hybridized carbons (Fsp3) is 0.600. The lowest BCUT2D eigenvalue weighted by Crippen LogP contribution is -2.76. The summed E-state index contributed by atoms with van der Waals surface area (Å²) in [5.74, 6) is -1.64. The van der Waals surface area contributed by atoms with Gasteiger partial charge in [0, 0.05) is 35.4 Å². The minimum atomic E-state index is -1.64. The van der Waals surface area contributed by atoms with E-state index in [9.17, 15) is 24.9 Å². The van der Waals surface area contributed by atoms with Crippen molar-refractivity contribution >= 4 is 23.6 Å². The molecular weight excluding hydrogens is 376 g/mol. The van der Waals surface area contributed by atoms with Gasteiger partial charge in [-0.05, 0) is 45.0 Å². The van der Waals surface area contributed by atoms with Gasteiger partial charge in [0.1, 0.15) is 0 Å². The van der Waals surface area contributed by atoms with Crippen LogP contribution in [-0.2, 0) is 0 Å². The maximum atomic E-state index is 12.3. The molecule has 1 fully saturated rings. The SMILES string of the molecule is CC(C)(C)N(C(=O)O)C(NC(=O)O)(Nc1ccc(N2CC(O)C2)cc1)C(C)(C)C. The molecule has 29 heavy (non-hydrogen) atoms. The summed E-state index contributed by atoms with van der Waals surface area (Å²) in [6.45, 7) is 11.6. The molecule has 2 rings (SSSR count). The van der Waals surface area contributed by atoms with Crippen LogP contribution in [0.4, 0.5) is 21.0 Å². The Balaban J connectivity index is 2.49. The predicted molar refractivity (Wildman–Crippen MR) is 111 cm³/mol. The van der Waals surface area contributed by atoms with Crippen molar-refractivity contribution in [2.24, 2.45) is 5.41 Å². The van der Waals surface area contributed by atoms with Crippen molar-refractivity contribution in [2.45, 2.75) is 59.0 Å².